The zero-order chi connectivity index (χ0) is 26.4. The Hall–Kier alpha value is -2.06. The van der Waals surface area contributed by atoms with Crippen molar-refractivity contribution in [2.75, 3.05) is 11.5 Å². The molecule has 4 rings (SSSR count). The molecular formula is C30H44N6S2. The lowest BCUT2D eigenvalue weighted by Gasteiger charge is -2.27. The number of para-hydroxylation sites is 2. The molecule has 0 saturated heterocycles. The molecule has 0 saturated carbocycles. The summed E-state index contributed by atoms with van der Waals surface area (Å²) < 4.78 is 4.29. The van der Waals surface area contributed by atoms with E-state index in [1.54, 1.807) is 0 Å². The maximum absolute atomic E-state index is 4.70. The number of nitrogens with zero attached hydrogens (tertiary/aromatic N) is 6. The molecule has 0 aliphatic carbocycles. The summed E-state index contributed by atoms with van der Waals surface area (Å²) in [5, 5.41) is 18.6. The number of hydrogen-bond acceptors (Lipinski definition) is 6. The Labute approximate surface area is 236 Å². The average molecular weight is 553 g/mol. The van der Waals surface area contributed by atoms with Crippen LogP contribution in [0, 0.1) is 0 Å². The molecule has 0 N–H and O–H groups in total. The predicted molar refractivity (Wildman–Crippen MR) is 165 cm³/mol. The Morgan fingerprint density at radius 1 is 0.553 bits per heavy atom. The zero-order valence-electron chi connectivity index (χ0n) is 23.2. The van der Waals surface area contributed by atoms with Gasteiger partial charge >= 0.3 is 0 Å². The van der Waals surface area contributed by atoms with E-state index in [0.29, 0.717) is 0 Å². The summed E-state index contributed by atoms with van der Waals surface area (Å²) in [6.45, 7) is 4.56. The van der Waals surface area contributed by atoms with Crippen molar-refractivity contribution < 1.29 is 0 Å². The van der Waals surface area contributed by atoms with Gasteiger partial charge in [0.1, 0.15) is 21.8 Å². The van der Waals surface area contributed by atoms with Crippen LogP contribution in [0.25, 0.3) is 22.1 Å². The lowest BCUT2D eigenvalue weighted by molar-refractivity contribution is 0.474. The van der Waals surface area contributed by atoms with E-state index in [9.17, 15) is 0 Å². The number of fused-ring (bicyclic) bond motifs is 2. The van der Waals surface area contributed by atoms with Crippen molar-refractivity contribution in [2.24, 2.45) is 0 Å². The number of unbranched alkanes of at least 4 members (excludes halogenated alkanes) is 10. The van der Waals surface area contributed by atoms with Crippen LogP contribution in [0.2, 0.25) is 0 Å². The van der Waals surface area contributed by atoms with Gasteiger partial charge < -0.3 is 0 Å². The van der Waals surface area contributed by atoms with Gasteiger partial charge in [-0.1, -0.05) is 113 Å². The molecule has 2 heterocycles. The Bertz CT molecular complexity index is 1110. The summed E-state index contributed by atoms with van der Waals surface area (Å²) in [6, 6.07) is 16.6. The summed E-state index contributed by atoms with van der Waals surface area (Å²) >= 11 is 4.00. The second-order valence-corrected chi connectivity index (χ2v) is 12.6. The highest BCUT2D eigenvalue weighted by molar-refractivity contribution is 8.03. The van der Waals surface area contributed by atoms with Gasteiger partial charge in [-0.15, -0.1) is 33.7 Å². The molecule has 0 fully saturated rings. The van der Waals surface area contributed by atoms with E-state index < -0.39 is 0 Å². The van der Waals surface area contributed by atoms with Gasteiger partial charge in [-0.2, -0.15) is 0 Å². The minimum absolute atomic E-state index is 0.0771. The van der Waals surface area contributed by atoms with Gasteiger partial charge in [0.15, 0.2) is 0 Å². The van der Waals surface area contributed by atoms with Crippen LogP contribution >= 0.6 is 23.5 Å². The SMILES string of the molecule is CCCCCCCCSC(C(SCCCCCCCC)n1nnc2ccccc21)n1nnc2ccccc21. The lowest BCUT2D eigenvalue weighted by Crippen LogP contribution is -2.21. The van der Waals surface area contributed by atoms with Gasteiger partial charge in [-0.3, -0.25) is 0 Å². The van der Waals surface area contributed by atoms with E-state index in [2.05, 4.69) is 69.8 Å². The first-order valence-electron chi connectivity index (χ1n) is 14.7. The minimum Gasteiger partial charge on any atom is -0.228 e. The average Bonchev–Trinajstić information content (AvgIpc) is 3.57. The minimum atomic E-state index is 0.0771. The van der Waals surface area contributed by atoms with Crippen LogP contribution < -0.4 is 0 Å². The number of benzene rings is 2. The molecule has 38 heavy (non-hydrogen) atoms. The lowest BCUT2D eigenvalue weighted by atomic mass is 10.1. The van der Waals surface area contributed by atoms with Gasteiger partial charge in [0.25, 0.3) is 0 Å². The van der Waals surface area contributed by atoms with Crippen LogP contribution in [0.15, 0.2) is 48.5 Å². The Kier molecular flexibility index (Phi) is 12.3. The third kappa shape index (κ3) is 7.98. The summed E-state index contributed by atoms with van der Waals surface area (Å²) in [6.07, 6.45) is 15.7. The molecule has 4 aromatic rings. The smallest absolute Gasteiger partial charge is 0.131 e. The molecule has 0 aliphatic heterocycles. The highest BCUT2D eigenvalue weighted by atomic mass is 32.2. The number of rotatable bonds is 19. The van der Waals surface area contributed by atoms with Gasteiger partial charge in [0, 0.05) is 0 Å². The molecule has 0 radical (unpaired) electrons. The monoisotopic (exact) mass is 552 g/mol. The Morgan fingerprint density at radius 3 is 1.39 bits per heavy atom. The van der Waals surface area contributed by atoms with Crippen LogP contribution in [0.3, 0.4) is 0 Å². The van der Waals surface area contributed by atoms with Crippen molar-refractivity contribution in [3.63, 3.8) is 0 Å². The van der Waals surface area contributed by atoms with Crippen LogP contribution in [-0.4, -0.2) is 41.5 Å². The van der Waals surface area contributed by atoms with Crippen molar-refractivity contribution in [3.05, 3.63) is 48.5 Å². The van der Waals surface area contributed by atoms with E-state index in [0.717, 1.165) is 33.6 Å². The first-order chi connectivity index (χ1) is 18.8. The van der Waals surface area contributed by atoms with Crippen molar-refractivity contribution in [1.29, 1.82) is 0 Å². The third-order valence-corrected chi connectivity index (χ3v) is 9.87. The number of thioether (sulfide) groups is 2. The molecular weight excluding hydrogens is 509 g/mol. The van der Waals surface area contributed by atoms with Gasteiger partial charge in [-0.05, 0) is 48.6 Å². The maximum Gasteiger partial charge on any atom is 0.131 e. The van der Waals surface area contributed by atoms with E-state index in [-0.39, 0.29) is 10.7 Å². The van der Waals surface area contributed by atoms with E-state index >= 15 is 0 Å². The molecule has 2 aromatic carbocycles. The van der Waals surface area contributed by atoms with E-state index in [1.165, 1.54) is 77.0 Å². The quantitative estimate of drug-likeness (QED) is 0.108. The Balaban J connectivity index is 1.56. The standard InChI is InChI=1S/C30H44N6S2/c1-3-5-7-9-11-17-23-37-29(35-27-21-15-13-19-25(27)31-33-35)30(38-24-18-12-10-8-6-4-2)36-28-22-16-14-20-26(28)32-34-36/h13-16,19-22,29-30H,3-12,17-18,23-24H2,1-2H3. The predicted octanol–water partition coefficient (Wildman–Crippen LogP) is 9.06. The van der Waals surface area contributed by atoms with E-state index in [4.69, 9.17) is 10.4 Å². The summed E-state index contributed by atoms with van der Waals surface area (Å²) in [5.74, 6) is 2.21. The van der Waals surface area contributed by atoms with Crippen molar-refractivity contribution in [2.45, 2.75) is 102 Å². The first-order valence-corrected chi connectivity index (χ1v) is 16.8. The molecule has 206 valence electrons. The van der Waals surface area contributed by atoms with Crippen molar-refractivity contribution in [1.82, 2.24) is 30.0 Å². The largest absolute Gasteiger partial charge is 0.228 e. The zero-order valence-corrected chi connectivity index (χ0v) is 24.8. The second kappa shape index (κ2) is 16.1. The fourth-order valence-corrected chi connectivity index (χ4v) is 7.72. The molecule has 2 aromatic heterocycles. The van der Waals surface area contributed by atoms with Crippen LogP contribution in [0.4, 0.5) is 0 Å². The maximum atomic E-state index is 4.70. The number of hydrogen-bond donors (Lipinski definition) is 0. The molecule has 0 spiro atoms. The molecule has 2 unspecified atom stereocenters. The summed E-state index contributed by atoms with van der Waals surface area (Å²) in [4.78, 5) is 0. The molecule has 0 amide bonds. The normalized spacial score (nSPS) is 13.4. The van der Waals surface area contributed by atoms with Gasteiger partial charge in [0.05, 0.1) is 11.0 Å². The fourth-order valence-electron chi connectivity index (χ4n) is 4.87. The third-order valence-electron chi connectivity index (χ3n) is 7.05. The molecule has 2 atom stereocenters. The molecule has 0 aliphatic rings. The van der Waals surface area contributed by atoms with Gasteiger partial charge in [0.2, 0.25) is 0 Å². The molecule has 0 bridgehead atoms. The highest BCUT2D eigenvalue weighted by Gasteiger charge is 2.30. The molecule has 6 nitrogen and oxygen atoms in total. The number of aromatic nitrogens is 6. The first kappa shape index (κ1) is 28.9. The molecule has 8 heteroatoms. The van der Waals surface area contributed by atoms with Crippen LogP contribution in [0.5, 0.6) is 0 Å². The van der Waals surface area contributed by atoms with Gasteiger partial charge in [-0.25, -0.2) is 9.36 Å². The van der Waals surface area contributed by atoms with E-state index in [1.807, 2.05) is 35.7 Å². The second-order valence-electron chi connectivity index (χ2n) is 10.1. The van der Waals surface area contributed by atoms with Crippen LogP contribution in [-0.2, 0) is 0 Å². The Morgan fingerprint density at radius 2 is 0.947 bits per heavy atom. The van der Waals surface area contributed by atoms with Crippen molar-refractivity contribution >= 4 is 45.6 Å². The topological polar surface area (TPSA) is 61.4 Å². The van der Waals surface area contributed by atoms with Crippen LogP contribution in [0.1, 0.15) is 102 Å². The van der Waals surface area contributed by atoms with Crippen molar-refractivity contribution in [3.8, 4) is 0 Å². The summed E-state index contributed by atoms with van der Waals surface area (Å²) in [7, 11) is 0. The fraction of sp³-hybridized carbons (Fsp3) is 0.600. The highest BCUT2D eigenvalue weighted by Crippen LogP contribution is 2.44. The summed E-state index contributed by atoms with van der Waals surface area (Å²) in [5.41, 5.74) is 4.06.